The number of hydrogen-bond acceptors (Lipinski definition) is 3. The van der Waals surface area contributed by atoms with E-state index in [9.17, 15) is 9.90 Å². The molecule has 0 radical (unpaired) electrons. The monoisotopic (exact) mass is 212 g/mol. The number of amides is 1. The fourth-order valence-electron chi connectivity index (χ4n) is 2.82. The van der Waals surface area contributed by atoms with E-state index in [-0.39, 0.29) is 17.4 Å². The van der Waals surface area contributed by atoms with Gasteiger partial charge in [-0.25, -0.2) is 0 Å². The van der Waals surface area contributed by atoms with Crippen LogP contribution in [0.4, 0.5) is 0 Å². The lowest BCUT2D eigenvalue weighted by Gasteiger charge is -2.30. The first-order valence-electron chi connectivity index (χ1n) is 5.85. The standard InChI is InChI=1S/C11H20N2O2/c12-8-11(4-1-2-5-11)10(15)13-6-3-9(14)7-13/h9,14H,1-8,12H2. The summed E-state index contributed by atoms with van der Waals surface area (Å²) in [5.74, 6) is 0.180. The number of nitrogens with two attached hydrogens (primary N) is 1. The van der Waals surface area contributed by atoms with Gasteiger partial charge in [-0.2, -0.15) is 0 Å². The second kappa shape index (κ2) is 4.10. The molecular formula is C11H20N2O2. The molecule has 1 aliphatic heterocycles. The van der Waals surface area contributed by atoms with E-state index in [0.717, 1.165) is 25.7 Å². The fourth-order valence-corrected chi connectivity index (χ4v) is 2.82. The number of aliphatic hydroxyl groups is 1. The summed E-state index contributed by atoms with van der Waals surface area (Å²) >= 11 is 0. The van der Waals surface area contributed by atoms with Crippen LogP contribution in [-0.4, -0.2) is 41.7 Å². The van der Waals surface area contributed by atoms with Gasteiger partial charge in [0.1, 0.15) is 0 Å². The first kappa shape index (κ1) is 10.9. The maximum absolute atomic E-state index is 12.3. The summed E-state index contributed by atoms with van der Waals surface area (Å²) in [5, 5.41) is 9.42. The highest BCUT2D eigenvalue weighted by Crippen LogP contribution is 2.39. The van der Waals surface area contributed by atoms with Crippen LogP contribution in [0.3, 0.4) is 0 Å². The van der Waals surface area contributed by atoms with Crippen molar-refractivity contribution in [1.82, 2.24) is 4.90 Å². The predicted octanol–water partition coefficient (Wildman–Crippen LogP) is 0.0987. The van der Waals surface area contributed by atoms with Crippen LogP contribution >= 0.6 is 0 Å². The Kier molecular flexibility index (Phi) is 2.98. The topological polar surface area (TPSA) is 66.6 Å². The van der Waals surface area contributed by atoms with Crippen molar-refractivity contribution >= 4 is 5.91 Å². The number of hydrogen-bond donors (Lipinski definition) is 2. The van der Waals surface area contributed by atoms with Crippen molar-refractivity contribution in [3.8, 4) is 0 Å². The average Bonchev–Trinajstić information content (AvgIpc) is 2.86. The molecule has 0 spiro atoms. The molecular weight excluding hydrogens is 192 g/mol. The van der Waals surface area contributed by atoms with Crippen molar-refractivity contribution < 1.29 is 9.90 Å². The summed E-state index contributed by atoms with van der Waals surface area (Å²) in [7, 11) is 0. The van der Waals surface area contributed by atoms with Crippen LogP contribution in [-0.2, 0) is 4.79 Å². The first-order chi connectivity index (χ1) is 7.18. The Morgan fingerprint density at radius 3 is 2.60 bits per heavy atom. The van der Waals surface area contributed by atoms with E-state index >= 15 is 0 Å². The Labute approximate surface area is 90.4 Å². The lowest BCUT2D eigenvalue weighted by atomic mass is 9.85. The number of rotatable bonds is 2. The summed E-state index contributed by atoms with van der Waals surface area (Å²) in [5.41, 5.74) is 5.46. The predicted molar refractivity (Wildman–Crippen MR) is 57.2 cm³/mol. The molecule has 4 heteroatoms. The average molecular weight is 212 g/mol. The van der Waals surface area contributed by atoms with Crippen LogP contribution in [0.1, 0.15) is 32.1 Å². The quantitative estimate of drug-likeness (QED) is 0.682. The van der Waals surface area contributed by atoms with Gasteiger partial charge in [0, 0.05) is 19.6 Å². The van der Waals surface area contributed by atoms with Gasteiger partial charge < -0.3 is 15.7 Å². The number of carbonyl (C=O) groups excluding carboxylic acids is 1. The third kappa shape index (κ3) is 1.88. The van der Waals surface area contributed by atoms with Crippen LogP contribution in [0.5, 0.6) is 0 Å². The molecule has 1 atom stereocenters. The van der Waals surface area contributed by atoms with E-state index in [1.54, 1.807) is 4.90 Å². The van der Waals surface area contributed by atoms with Gasteiger partial charge in [0.15, 0.2) is 0 Å². The number of nitrogens with zero attached hydrogens (tertiary/aromatic N) is 1. The molecule has 1 saturated heterocycles. The van der Waals surface area contributed by atoms with E-state index in [4.69, 9.17) is 5.73 Å². The van der Waals surface area contributed by atoms with Crippen LogP contribution < -0.4 is 5.73 Å². The number of likely N-dealkylation sites (tertiary alicyclic amines) is 1. The van der Waals surface area contributed by atoms with Crippen molar-refractivity contribution in [2.75, 3.05) is 19.6 Å². The molecule has 3 N–H and O–H groups in total. The molecule has 1 amide bonds. The van der Waals surface area contributed by atoms with E-state index < -0.39 is 0 Å². The molecule has 1 saturated carbocycles. The van der Waals surface area contributed by atoms with Gasteiger partial charge in [0.2, 0.25) is 5.91 Å². The Balaban J connectivity index is 2.05. The van der Waals surface area contributed by atoms with Gasteiger partial charge >= 0.3 is 0 Å². The Bertz CT molecular complexity index is 249. The highest BCUT2D eigenvalue weighted by atomic mass is 16.3. The summed E-state index contributed by atoms with van der Waals surface area (Å²) in [6, 6.07) is 0. The summed E-state index contributed by atoms with van der Waals surface area (Å²) < 4.78 is 0. The third-order valence-electron chi connectivity index (χ3n) is 3.86. The first-order valence-corrected chi connectivity index (χ1v) is 5.85. The molecule has 4 nitrogen and oxygen atoms in total. The summed E-state index contributed by atoms with van der Waals surface area (Å²) in [6.45, 7) is 1.65. The van der Waals surface area contributed by atoms with Gasteiger partial charge in [-0.15, -0.1) is 0 Å². The number of β-amino-alcohol motifs (C(OH)–C–C–N with tert-alkyl or cyclic N) is 1. The number of carbonyl (C=O) groups is 1. The maximum Gasteiger partial charge on any atom is 0.230 e. The molecule has 0 bridgehead atoms. The highest BCUT2D eigenvalue weighted by molar-refractivity contribution is 5.83. The normalized spacial score (nSPS) is 29.7. The zero-order valence-corrected chi connectivity index (χ0v) is 9.11. The summed E-state index contributed by atoms with van der Waals surface area (Å²) in [6.07, 6.45) is 4.46. The van der Waals surface area contributed by atoms with Crippen LogP contribution in [0, 0.1) is 5.41 Å². The highest BCUT2D eigenvalue weighted by Gasteiger charge is 2.43. The molecule has 2 fully saturated rings. The number of aliphatic hydroxyl groups excluding tert-OH is 1. The largest absolute Gasteiger partial charge is 0.391 e. The second-order valence-corrected chi connectivity index (χ2v) is 4.89. The van der Waals surface area contributed by atoms with Crippen molar-refractivity contribution in [2.45, 2.75) is 38.2 Å². The van der Waals surface area contributed by atoms with Crippen LogP contribution in [0.15, 0.2) is 0 Å². The molecule has 0 aromatic heterocycles. The van der Waals surface area contributed by atoms with Crippen LogP contribution in [0.2, 0.25) is 0 Å². The maximum atomic E-state index is 12.3. The van der Waals surface area contributed by atoms with Crippen LogP contribution in [0.25, 0.3) is 0 Å². The zero-order chi connectivity index (χ0) is 10.9. The zero-order valence-electron chi connectivity index (χ0n) is 9.11. The molecule has 0 aromatic rings. The lowest BCUT2D eigenvalue weighted by Crippen LogP contribution is -2.46. The van der Waals surface area contributed by atoms with Crippen molar-refractivity contribution in [3.63, 3.8) is 0 Å². The third-order valence-corrected chi connectivity index (χ3v) is 3.86. The summed E-state index contributed by atoms with van der Waals surface area (Å²) in [4.78, 5) is 14.1. The van der Waals surface area contributed by atoms with Gasteiger partial charge in [-0.05, 0) is 19.3 Å². The second-order valence-electron chi connectivity index (χ2n) is 4.89. The van der Waals surface area contributed by atoms with Gasteiger partial charge in [-0.1, -0.05) is 12.8 Å². The molecule has 15 heavy (non-hydrogen) atoms. The Hall–Kier alpha value is -0.610. The van der Waals surface area contributed by atoms with Crippen molar-refractivity contribution in [2.24, 2.45) is 11.1 Å². The molecule has 2 rings (SSSR count). The van der Waals surface area contributed by atoms with Crippen molar-refractivity contribution in [3.05, 3.63) is 0 Å². The van der Waals surface area contributed by atoms with Gasteiger partial charge in [-0.3, -0.25) is 4.79 Å². The Morgan fingerprint density at radius 2 is 2.13 bits per heavy atom. The van der Waals surface area contributed by atoms with Gasteiger partial charge in [0.25, 0.3) is 0 Å². The molecule has 86 valence electrons. The molecule has 2 aliphatic rings. The lowest BCUT2D eigenvalue weighted by molar-refractivity contribution is -0.140. The smallest absolute Gasteiger partial charge is 0.230 e. The fraction of sp³-hybridized carbons (Fsp3) is 0.909. The minimum atomic E-state index is -0.329. The van der Waals surface area contributed by atoms with E-state index in [0.29, 0.717) is 26.1 Å². The molecule has 1 heterocycles. The van der Waals surface area contributed by atoms with E-state index in [1.807, 2.05) is 0 Å². The van der Waals surface area contributed by atoms with E-state index in [1.165, 1.54) is 0 Å². The minimum absolute atomic E-state index is 0.180. The molecule has 0 aromatic carbocycles. The SMILES string of the molecule is NCC1(C(=O)N2CCC(O)C2)CCCC1. The molecule has 1 unspecified atom stereocenters. The Morgan fingerprint density at radius 1 is 1.47 bits per heavy atom. The molecule has 1 aliphatic carbocycles. The van der Waals surface area contributed by atoms with Gasteiger partial charge in [0.05, 0.1) is 11.5 Å². The minimum Gasteiger partial charge on any atom is -0.391 e. The van der Waals surface area contributed by atoms with Crippen molar-refractivity contribution in [1.29, 1.82) is 0 Å². The van der Waals surface area contributed by atoms with E-state index in [2.05, 4.69) is 0 Å².